The number of rotatable bonds is 6. The Morgan fingerprint density at radius 1 is 1.18 bits per heavy atom. The van der Waals surface area contributed by atoms with E-state index in [9.17, 15) is 9.59 Å². The van der Waals surface area contributed by atoms with Crippen molar-refractivity contribution in [2.45, 2.75) is 20.3 Å². The van der Waals surface area contributed by atoms with E-state index in [0.717, 1.165) is 16.9 Å². The van der Waals surface area contributed by atoms with E-state index in [4.69, 9.17) is 4.42 Å². The van der Waals surface area contributed by atoms with Crippen LogP contribution in [0.15, 0.2) is 40.3 Å². The zero-order valence-corrected chi connectivity index (χ0v) is 17.0. The highest BCUT2D eigenvalue weighted by atomic mass is 32.1. The summed E-state index contributed by atoms with van der Waals surface area (Å²) in [6.45, 7) is 3.68. The van der Waals surface area contributed by atoms with E-state index in [1.165, 1.54) is 17.6 Å². The van der Waals surface area contributed by atoms with Crippen LogP contribution in [0.4, 0.5) is 16.5 Å². The largest absolute Gasteiger partial charge is 0.469 e. The Morgan fingerprint density at radius 3 is 2.61 bits per heavy atom. The second-order valence-electron chi connectivity index (χ2n) is 6.61. The summed E-state index contributed by atoms with van der Waals surface area (Å²) in [5.74, 6) is 0.104. The van der Waals surface area contributed by atoms with Gasteiger partial charge in [0.1, 0.15) is 5.76 Å². The lowest BCUT2D eigenvalue weighted by Crippen LogP contribution is -2.16. The van der Waals surface area contributed by atoms with E-state index in [-0.39, 0.29) is 18.2 Å². The van der Waals surface area contributed by atoms with Crippen molar-refractivity contribution >= 4 is 39.7 Å². The summed E-state index contributed by atoms with van der Waals surface area (Å²) in [6.07, 6.45) is 1.60. The minimum Gasteiger partial charge on any atom is -0.469 e. The molecule has 0 spiro atoms. The Hall–Kier alpha value is -3.13. The van der Waals surface area contributed by atoms with Crippen LogP contribution in [0.1, 0.15) is 27.4 Å². The molecule has 1 aromatic carbocycles. The maximum atomic E-state index is 12.4. The Morgan fingerprint density at radius 2 is 1.96 bits per heavy atom. The van der Waals surface area contributed by atoms with Crippen LogP contribution in [-0.2, 0) is 11.2 Å². The number of anilines is 3. The number of nitrogens with zero attached hydrogens (tertiary/aromatic N) is 2. The lowest BCUT2D eigenvalue weighted by Gasteiger charge is -2.15. The van der Waals surface area contributed by atoms with Crippen molar-refractivity contribution < 1.29 is 14.0 Å². The summed E-state index contributed by atoms with van der Waals surface area (Å²) in [6, 6.07) is 7.47. The minimum atomic E-state index is -0.284. The zero-order chi connectivity index (χ0) is 20.3. The first kappa shape index (κ1) is 19.6. The highest BCUT2D eigenvalue weighted by Gasteiger charge is 2.15. The highest BCUT2D eigenvalue weighted by Crippen LogP contribution is 2.22. The fourth-order valence-corrected chi connectivity index (χ4v) is 3.36. The van der Waals surface area contributed by atoms with Gasteiger partial charge in [0, 0.05) is 30.9 Å². The van der Waals surface area contributed by atoms with E-state index >= 15 is 0 Å². The van der Waals surface area contributed by atoms with Crippen molar-refractivity contribution in [2.75, 3.05) is 29.6 Å². The standard InChI is InChI=1S/C20H22N4O3S/c1-12-9-15(24(3)4)5-6-17(12)22-18(25)10-14-11-28-20(21-14)23-19(26)16-7-8-27-13(16)2/h5-9,11H,10H2,1-4H3,(H,22,25)(H,21,23,26). The predicted octanol–water partition coefficient (Wildman–Crippen LogP) is 3.85. The van der Waals surface area contributed by atoms with Gasteiger partial charge in [-0.15, -0.1) is 11.3 Å². The molecule has 146 valence electrons. The summed E-state index contributed by atoms with van der Waals surface area (Å²) in [5, 5.41) is 7.85. The van der Waals surface area contributed by atoms with Gasteiger partial charge in [-0.05, 0) is 43.7 Å². The lowest BCUT2D eigenvalue weighted by atomic mass is 10.1. The van der Waals surface area contributed by atoms with E-state index in [1.807, 2.05) is 44.1 Å². The van der Waals surface area contributed by atoms with Crippen molar-refractivity contribution in [2.24, 2.45) is 0 Å². The molecular weight excluding hydrogens is 376 g/mol. The third kappa shape index (κ3) is 4.58. The molecule has 0 atom stereocenters. The fourth-order valence-electron chi connectivity index (χ4n) is 2.66. The third-order valence-electron chi connectivity index (χ3n) is 4.22. The number of aryl methyl sites for hydroxylation is 2. The second-order valence-corrected chi connectivity index (χ2v) is 7.47. The average Bonchev–Trinajstić information content (AvgIpc) is 3.25. The molecule has 0 unspecified atom stereocenters. The summed E-state index contributed by atoms with van der Waals surface area (Å²) in [5.41, 5.74) is 3.90. The number of benzene rings is 1. The van der Waals surface area contributed by atoms with Gasteiger partial charge in [-0.1, -0.05) is 0 Å². The third-order valence-corrected chi connectivity index (χ3v) is 5.02. The molecule has 0 aliphatic carbocycles. The molecule has 0 aliphatic rings. The molecular formula is C20H22N4O3S. The van der Waals surface area contributed by atoms with Crippen LogP contribution in [0.5, 0.6) is 0 Å². The van der Waals surface area contributed by atoms with Gasteiger partial charge < -0.3 is 14.6 Å². The quantitative estimate of drug-likeness (QED) is 0.658. The molecule has 0 bridgehead atoms. The van der Waals surface area contributed by atoms with Gasteiger partial charge in [0.25, 0.3) is 5.91 Å². The second kappa shape index (κ2) is 8.26. The molecule has 2 N–H and O–H groups in total. The van der Waals surface area contributed by atoms with Gasteiger partial charge in [-0.25, -0.2) is 4.98 Å². The van der Waals surface area contributed by atoms with E-state index in [1.54, 1.807) is 18.4 Å². The van der Waals surface area contributed by atoms with Crippen LogP contribution < -0.4 is 15.5 Å². The van der Waals surface area contributed by atoms with Crippen LogP contribution >= 0.6 is 11.3 Å². The summed E-state index contributed by atoms with van der Waals surface area (Å²) in [4.78, 5) is 30.9. The first-order valence-electron chi connectivity index (χ1n) is 8.71. The number of thiazole rings is 1. The first-order chi connectivity index (χ1) is 13.3. The normalized spacial score (nSPS) is 10.6. The zero-order valence-electron chi connectivity index (χ0n) is 16.2. The molecule has 3 rings (SSSR count). The molecule has 8 heteroatoms. The molecule has 3 aromatic rings. The number of aromatic nitrogens is 1. The van der Waals surface area contributed by atoms with Gasteiger partial charge in [0.2, 0.25) is 5.91 Å². The smallest absolute Gasteiger partial charge is 0.260 e. The molecule has 0 fully saturated rings. The topological polar surface area (TPSA) is 87.5 Å². The number of nitrogens with one attached hydrogen (secondary N) is 2. The van der Waals surface area contributed by atoms with Crippen molar-refractivity contribution in [3.8, 4) is 0 Å². The maximum Gasteiger partial charge on any atom is 0.260 e. The molecule has 0 saturated carbocycles. The summed E-state index contributed by atoms with van der Waals surface area (Å²) >= 11 is 1.28. The molecule has 2 aromatic heterocycles. The van der Waals surface area contributed by atoms with Crippen LogP contribution in [0, 0.1) is 13.8 Å². The van der Waals surface area contributed by atoms with E-state index in [0.29, 0.717) is 22.1 Å². The first-order valence-corrected chi connectivity index (χ1v) is 9.59. The highest BCUT2D eigenvalue weighted by molar-refractivity contribution is 7.14. The fraction of sp³-hybridized carbons (Fsp3) is 0.250. The van der Waals surface area contributed by atoms with Crippen LogP contribution in [0.2, 0.25) is 0 Å². The van der Waals surface area contributed by atoms with E-state index in [2.05, 4.69) is 15.6 Å². The van der Waals surface area contributed by atoms with Crippen molar-refractivity contribution in [3.63, 3.8) is 0 Å². The Bertz CT molecular complexity index is 1010. The Labute approximate surface area is 167 Å². The summed E-state index contributed by atoms with van der Waals surface area (Å²) < 4.78 is 5.13. The monoisotopic (exact) mass is 398 g/mol. The Kier molecular flexibility index (Phi) is 5.79. The molecule has 0 radical (unpaired) electrons. The molecule has 2 amide bonds. The number of furan rings is 1. The predicted molar refractivity (Wildman–Crippen MR) is 111 cm³/mol. The SMILES string of the molecule is Cc1cc(N(C)C)ccc1NC(=O)Cc1csc(NC(=O)c2ccoc2C)n1. The number of carbonyl (C=O) groups is 2. The minimum absolute atomic E-state index is 0.131. The lowest BCUT2D eigenvalue weighted by molar-refractivity contribution is -0.115. The van der Waals surface area contributed by atoms with Crippen LogP contribution in [-0.4, -0.2) is 30.9 Å². The van der Waals surface area contributed by atoms with Gasteiger partial charge in [0.15, 0.2) is 5.13 Å². The van der Waals surface area contributed by atoms with Crippen molar-refractivity contribution in [3.05, 3.63) is 58.5 Å². The van der Waals surface area contributed by atoms with Gasteiger partial charge in [-0.2, -0.15) is 0 Å². The molecule has 0 aliphatic heterocycles. The van der Waals surface area contributed by atoms with Gasteiger partial charge >= 0.3 is 0 Å². The van der Waals surface area contributed by atoms with E-state index < -0.39 is 0 Å². The van der Waals surface area contributed by atoms with Crippen molar-refractivity contribution in [1.82, 2.24) is 4.98 Å². The number of hydrogen-bond acceptors (Lipinski definition) is 6. The number of amides is 2. The number of hydrogen-bond donors (Lipinski definition) is 2. The van der Waals surface area contributed by atoms with Crippen LogP contribution in [0.3, 0.4) is 0 Å². The molecule has 7 nitrogen and oxygen atoms in total. The summed E-state index contributed by atoms with van der Waals surface area (Å²) in [7, 11) is 3.94. The average molecular weight is 398 g/mol. The number of carbonyl (C=O) groups excluding carboxylic acids is 2. The van der Waals surface area contributed by atoms with Gasteiger partial charge in [0.05, 0.1) is 23.9 Å². The van der Waals surface area contributed by atoms with Crippen LogP contribution in [0.25, 0.3) is 0 Å². The van der Waals surface area contributed by atoms with Crippen molar-refractivity contribution in [1.29, 1.82) is 0 Å². The molecule has 2 heterocycles. The molecule has 28 heavy (non-hydrogen) atoms. The molecule has 0 saturated heterocycles. The Balaban J connectivity index is 1.60. The van der Waals surface area contributed by atoms with Gasteiger partial charge in [-0.3, -0.25) is 14.9 Å². The maximum absolute atomic E-state index is 12.4.